The first kappa shape index (κ1) is 49.4. The van der Waals surface area contributed by atoms with Gasteiger partial charge in [0, 0.05) is 73.5 Å². The SMILES string of the molecule is CC(C)(C)C1=C(C(C)(C)C)N(c2cc(C(C)(C)c3ccccc3)cc(C(C)(C)c3ccccc3)c2)CN1c1cccc(Oc2ccc3c4cc(C(C)(C)C)ccc4n(-c4cc(C(C)(C)C)ccn4)c3c2)c1. The van der Waals surface area contributed by atoms with E-state index in [0.29, 0.717) is 6.67 Å². The smallest absolute Gasteiger partial charge is 0.137 e. The summed E-state index contributed by atoms with van der Waals surface area (Å²) >= 11 is 0. The molecule has 9 rings (SSSR count). The zero-order valence-corrected chi connectivity index (χ0v) is 45.4. The Bertz CT molecular complexity index is 3220. The Balaban J connectivity index is 1.15. The number of rotatable bonds is 9. The van der Waals surface area contributed by atoms with Crippen LogP contribution in [0.3, 0.4) is 0 Å². The molecule has 5 heteroatoms. The first-order valence-corrected chi connectivity index (χ1v) is 25.6. The normalized spacial score (nSPS) is 14.3. The van der Waals surface area contributed by atoms with Gasteiger partial charge in [0.05, 0.1) is 17.7 Å². The molecule has 0 aliphatic carbocycles. The predicted octanol–water partition coefficient (Wildman–Crippen LogP) is 17.8. The van der Waals surface area contributed by atoms with E-state index in [1.54, 1.807) is 0 Å². The van der Waals surface area contributed by atoms with Gasteiger partial charge in [-0.15, -0.1) is 0 Å². The summed E-state index contributed by atoms with van der Waals surface area (Å²) in [6, 6.07) is 55.8. The summed E-state index contributed by atoms with van der Waals surface area (Å²) in [4.78, 5) is 10.1. The van der Waals surface area contributed by atoms with E-state index in [2.05, 4.69) is 277 Å². The highest BCUT2D eigenvalue weighted by molar-refractivity contribution is 6.09. The highest BCUT2D eigenvalue weighted by Gasteiger charge is 2.43. The van der Waals surface area contributed by atoms with Crippen LogP contribution in [-0.4, -0.2) is 16.2 Å². The first-order valence-electron chi connectivity index (χ1n) is 25.6. The van der Waals surface area contributed by atoms with Gasteiger partial charge in [0.25, 0.3) is 0 Å². The molecule has 0 saturated carbocycles. The third-order valence-electron chi connectivity index (χ3n) is 14.9. The molecule has 0 radical (unpaired) electrons. The van der Waals surface area contributed by atoms with Crippen LogP contribution < -0.4 is 14.5 Å². The van der Waals surface area contributed by atoms with Crippen molar-refractivity contribution in [3.63, 3.8) is 0 Å². The molecule has 0 amide bonds. The van der Waals surface area contributed by atoms with Crippen molar-refractivity contribution in [1.82, 2.24) is 9.55 Å². The van der Waals surface area contributed by atoms with Gasteiger partial charge in [-0.2, -0.15) is 0 Å². The van der Waals surface area contributed by atoms with Crippen molar-refractivity contribution in [1.29, 1.82) is 0 Å². The van der Waals surface area contributed by atoms with Gasteiger partial charge in [0.1, 0.15) is 17.3 Å². The number of benzene rings is 6. The molecule has 6 aromatic carbocycles. The Kier molecular flexibility index (Phi) is 12.3. The van der Waals surface area contributed by atoms with Crippen LogP contribution in [0.2, 0.25) is 0 Å². The molecular weight excluding hydrogens is 865 g/mol. The van der Waals surface area contributed by atoms with E-state index in [1.807, 2.05) is 6.20 Å². The van der Waals surface area contributed by atoms with E-state index in [4.69, 9.17) is 9.72 Å². The van der Waals surface area contributed by atoms with Gasteiger partial charge in [-0.3, -0.25) is 4.57 Å². The largest absolute Gasteiger partial charge is 0.457 e. The zero-order valence-electron chi connectivity index (χ0n) is 45.4. The van der Waals surface area contributed by atoms with Gasteiger partial charge in [0.2, 0.25) is 0 Å². The van der Waals surface area contributed by atoms with Crippen LogP contribution in [0, 0.1) is 10.8 Å². The van der Waals surface area contributed by atoms with Crippen LogP contribution in [0.5, 0.6) is 11.5 Å². The summed E-state index contributed by atoms with van der Waals surface area (Å²) in [6.45, 7) is 37.9. The molecule has 366 valence electrons. The fourth-order valence-corrected chi connectivity index (χ4v) is 10.6. The molecule has 0 bridgehead atoms. The lowest BCUT2D eigenvalue weighted by molar-refractivity contribution is 0.444. The zero-order chi connectivity index (χ0) is 51.1. The maximum absolute atomic E-state index is 6.96. The summed E-state index contributed by atoms with van der Waals surface area (Å²) in [5.74, 6) is 2.47. The Morgan fingerprint density at radius 1 is 0.380 bits per heavy atom. The number of allylic oxidation sites excluding steroid dienone is 2. The van der Waals surface area contributed by atoms with E-state index in [1.165, 1.54) is 61.2 Å². The van der Waals surface area contributed by atoms with E-state index in [9.17, 15) is 0 Å². The molecule has 0 spiro atoms. The second-order valence-electron chi connectivity index (χ2n) is 25.2. The molecule has 2 aromatic heterocycles. The number of nitrogens with zero attached hydrogens (tertiary/aromatic N) is 4. The standard InChI is InChI=1S/C66H76N4O/c1-61(2,3)46-30-33-56-55(39-46)54-32-31-53(42-57(54)70(56)58-40-47(34-35-67-58)62(4,5)6)71-52-29-23-28-50(41-52)68-43-69(60(64(10,11)12)59(68)63(7,8)9)51-37-48(65(13,14)44-24-19-17-20-25-44)36-49(38-51)66(15,16)45-26-21-18-22-27-45/h17-42H,43H2,1-16H3. The minimum absolute atomic E-state index is 0.00862. The average Bonchev–Trinajstić information content (AvgIpc) is 3.90. The second kappa shape index (κ2) is 17.6. The van der Waals surface area contributed by atoms with Crippen molar-refractivity contribution >= 4 is 33.2 Å². The summed E-state index contributed by atoms with van der Waals surface area (Å²) in [7, 11) is 0. The van der Waals surface area contributed by atoms with E-state index in [-0.39, 0.29) is 32.5 Å². The topological polar surface area (TPSA) is 33.5 Å². The van der Waals surface area contributed by atoms with Gasteiger partial charge >= 0.3 is 0 Å². The predicted molar refractivity (Wildman–Crippen MR) is 302 cm³/mol. The maximum Gasteiger partial charge on any atom is 0.137 e. The molecule has 0 saturated heterocycles. The number of fused-ring (bicyclic) bond motifs is 3. The van der Waals surface area contributed by atoms with Crippen LogP contribution in [0.1, 0.15) is 144 Å². The molecule has 1 aliphatic rings. The van der Waals surface area contributed by atoms with Gasteiger partial charge in [-0.25, -0.2) is 4.98 Å². The van der Waals surface area contributed by atoms with Crippen molar-refractivity contribution in [2.45, 2.75) is 132 Å². The van der Waals surface area contributed by atoms with E-state index in [0.717, 1.165) is 34.0 Å². The van der Waals surface area contributed by atoms with Crippen molar-refractivity contribution < 1.29 is 4.74 Å². The summed E-state index contributed by atoms with van der Waals surface area (Å²) in [5.41, 5.74) is 14.0. The molecule has 0 atom stereocenters. The Morgan fingerprint density at radius 2 is 0.915 bits per heavy atom. The molecule has 5 nitrogen and oxygen atoms in total. The molecule has 0 fully saturated rings. The van der Waals surface area contributed by atoms with Gasteiger partial charge in [-0.1, -0.05) is 190 Å². The number of ether oxygens (including phenoxy) is 1. The fraction of sp³-hybridized carbons (Fsp3) is 0.348. The van der Waals surface area contributed by atoms with Gasteiger partial charge in [-0.05, 0) is 105 Å². The Labute approximate surface area is 425 Å². The van der Waals surface area contributed by atoms with Gasteiger partial charge < -0.3 is 14.5 Å². The highest BCUT2D eigenvalue weighted by atomic mass is 16.5. The molecule has 1 aliphatic heterocycles. The van der Waals surface area contributed by atoms with Crippen molar-refractivity contribution in [2.75, 3.05) is 16.5 Å². The number of aromatic nitrogens is 2. The number of anilines is 2. The van der Waals surface area contributed by atoms with E-state index >= 15 is 0 Å². The fourth-order valence-electron chi connectivity index (χ4n) is 10.6. The van der Waals surface area contributed by atoms with Crippen LogP contribution in [0.25, 0.3) is 27.6 Å². The van der Waals surface area contributed by atoms with Crippen molar-refractivity contribution in [3.05, 3.63) is 203 Å². The van der Waals surface area contributed by atoms with Crippen molar-refractivity contribution in [2.24, 2.45) is 10.8 Å². The third-order valence-corrected chi connectivity index (χ3v) is 14.9. The monoisotopic (exact) mass is 941 g/mol. The summed E-state index contributed by atoms with van der Waals surface area (Å²) in [5, 5.41) is 2.39. The van der Waals surface area contributed by atoms with Crippen molar-refractivity contribution in [3.8, 4) is 17.3 Å². The van der Waals surface area contributed by atoms with Crippen LogP contribution in [0.4, 0.5) is 11.4 Å². The number of pyridine rings is 1. The maximum atomic E-state index is 6.96. The lowest BCUT2D eigenvalue weighted by Gasteiger charge is -2.36. The van der Waals surface area contributed by atoms with Crippen LogP contribution in [0.15, 0.2) is 169 Å². The van der Waals surface area contributed by atoms with Crippen LogP contribution >= 0.6 is 0 Å². The third kappa shape index (κ3) is 9.41. The van der Waals surface area contributed by atoms with Crippen LogP contribution in [-0.2, 0) is 21.7 Å². The molecule has 8 aromatic rings. The minimum atomic E-state index is -0.248. The molecule has 71 heavy (non-hydrogen) atoms. The second-order valence-corrected chi connectivity index (χ2v) is 25.2. The van der Waals surface area contributed by atoms with Gasteiger partial charge in [0.15, 0.2) is 0 Å². The molecule has 3 heterocycles. The molecular formula is C66H76N4O. The van der Waals surface area contributed by atoms with E-state index < -0.39 is 0 Å². The molecule has 0 N–H and O–H groups in total. The number of hydrogen-bond acceptors (Lipinski definition) is 4. The Hall–Kier alpha value is -6.59. The summed E-state index contributed by atoms with van der Waals surface area (Å²) < 4.78 is 9.27. The average molecular weight is 941 g/mol. The summed E-state index contributed by atoms with van der Waals surface area (Å²) in [6.07, 6.45) is 1.94. The minimum Gasteiger partial charge on any atom is -0.457 e. The lowest BCUT2D eigenvalue weighted by Crippen LogP contribution is -2.32. The quantitative estimate of drug-likeness (QED) is 0.144. The first-order chi connectivity index (χ1) is 33.2. The lowest BCUT2D eigenvalue weighted by atomic mass is 9.73. The molecule has 0 unspecified atom stereocenters. The number of hydrogen-bond donors (Lipinski definition) is 0. The highest BCUT2D eigenvalue weighted by Crippen LogP contribution is 2.50. The Morgan fingerprint density at radius 3 is 1.46 bits per heavy atom.